The second kappa shape index (κ2) is 6.66. The third-order valence-corrected chi connectivity index (χ3v) is 6.57. The van der Waals surface area contributed by atoms with Crippen LogP contribution in [-0.2, 0) is 16.4 Å². The van der Waals surface area contributed by atoms with Gasteiger partial charge in [-0.25, -0.2) is 13.4 Å². The zero-order chi connectivity index (χ0) is 18.1. The van der Waals surface area contributed by atoms with E-state index >= 15 is 0 Å². The first-order valence-electron chi connectivity index (χ1n) is 8.23. The van der Waals surface area contributed by atoms with Crippen molar-refractivity contribution in [2.75, 3.05) is 6.54 Å². The average molecular weight is 383 g/mol. The molecule has 0 radical (unpaired) electrons. The fraction of sp³-hybridized carbons (Fsp3) is 0.158. The normalized spacial score (nSPS) is 16.4. The third-order valence-electron chi connectivity index (χ3n) is 4.15. The van der Waals surface area contributed by atoms with Crippen LogP contribution in [-0.4, -0.2) is 25.8 Å². The lowest BCUT2D eigenvalue weighted by Crippen LogP contribution is -2.22. The van der Waals surface area contributed by atoms with E-state index in [9.17, 15) is 8.42 Å². The van der Waals surface area contributed by atoms with E-state index in [-0.39, 0.29) is 4.90 Å². The molecule has 1 aliphatic rings. The number of benzene rings is 2. The predicted molar refractivity (Wildman–Crippen MR) is 104 cm³/mol. The first-order chi connectivity index (χ1) is 12.5. The lowest BCUT2D eigenvalue weighted by molar-refractivity contribution is 0.595. The number of nitrogens with one attached hydrogen (secondary N) is 1. The van der Waals surface area contributed by atoms with Gasteiger partial charge in [-0.1, -0.05) is 42.5 Å². The van der Waals surface area contributed by atoms with Crippen LogP contribution >= 0.6 is 11.3 Å². The minimum Gasteiger partial charge on any atom is -0.267 e. The molecule has 5 nitrogen and oxygen atoms in total. The van der Waals surface area contributed by atoms with Crippen molar-refractivity contribution in [1.29, 1.82) is 0 Å². The molecule has 0 saturated heterocycles. The Hall–Kier alpha value is -2.51. The van der Waals surface area contributed by atoms with Gasteiger partial charge in [0.15, 0.2) is 0 Å². The molecule has 0 spiro atoms. The van der Waals surface area contributed by atoms with Gasteiger partial charge in [0.1, 0.15) is 5.84 Å². The number of hydrogen-bond acceptors (Lipinski definition) is 5. The smallest absolute Gasteiger partial charge is 0.263 e. The summed E-state index contributed by atoms with van der Waals surface area (Å²) in [5.41, 5.74) is 2.74. The minimum atomic E-state index is -3.48. The molecule has 132 valence electrons. The summed E-state index contributed by atoms with van der Waals surface area (Å²) < 4.78 is 26.7. The van der Waals surface area contributed by atoms with E-state index in [1.165, 1.54) is 4.88 Å². The van der Waals surface area contributed by atoms with Crippen molar-refractivity contribution in [3.63, 3.8) is 0 Å². The number of aliphatic imine (C=N–C) groups is 1. The molecule has 0 unspecified atom stereocenters. The van der Waals surface area contributed by atoms with Crippen LogP contribution in [0.2, 0.25) is 0 Å². The first-order valence-corrected chi connectivity index (χ1v) is 10.5. The van der Waals surface area contributed by atoms with Gasteiger partial charge in [-0.15, -0.1) is 11.3 Å². The van der Waals surface area contributed by atoms with Crippen LogP contribution in [0.5, 0.6) is 0 Å². The zero-order valence-electron chi connectivity index (χ0n) is 14.1. The molecule has 2 aromatic carbocycles. The molecular formula is C19H17N3O2S2. The van der Waals surface area contributed by atoms with Crippen LogP contribution in [0.15, 0.2) is 64.5 Å². The van der Waals surface area contributed by atoms with Crippen molar-refractivity contribution < 1.29 is 8.42 Å². The quantitative estimate of drug-likeness (QED) is 0.751. The highest BCUT2D eigenvalue weighted by molar-refractivity contribution is 7.90. The van der Waals surface area contributed by atoms with E-state index in [0.29, 0.717) is 24.4 Å². The second-order valence-electron chi connectivity index (χ2n) is 5.96. The maximum atomic E-state index is 12.1. The van der Waals surface area contributed by atoms with Gasteiger partial charge in [-0.05, 0) is 19.1 Å². The summed E-state index contributed by atoms with van der Waals surface area (Å²) in [4.78, 5) is 10.6. The number of nitrogens with zero attached hydrogens (tertiary/aromatic N) is 2. The van der Waals surface area contributed by atoms with Crippen molar-refractivity contribution in [1.82, 2.24) is 9.71 Å². The van der Waals surface area contributed by atoms with Crippen molar-refractivity contribution in [2.24, 2.45) is 4.99 Å². The molecule has 0 saturated carbocycles. The molecule has 4 rings (SSSR count). The maximum absolute atomic E-state index is 12.1. The van der Waals surface area contributed by atoms with Gasteiger partial charge < -0.3 is 0 Å². The Labute approximate surface area is 156 Å². The Morgan fingerprint density at radius 1 is 1.08 bits per heavy atom. The van der Waals surface area contributed by atoms with E-state index in [0.717, 1.165) is 16.3 Å². The van der Waals surface area contributed by atoms with Gasteiger partial charge in [-0.3, -0.25) is 9.71 Å². The Balaban J connectivity index is 1.52. The van der Waals surface area contributed by atoms with E-state index in [4.69, 9.17) is 4.98 Å². The molecular weight excluding hydrogens is 366 g/mol. The molecule has 0 atom stereocenters. The molecule has 0 fully saturated rings. The van der Waals surface area contributed by atoms with E-state index in [1.807, 2.05) is 24.3 Å². The second-order valence-corrected chi connectivity index (χ2v) is 8.90. The number of thiazole rings is 1. The number of aryl methyl sites for hydroxylation is 1. The summed E-state index contributed by atoms with van der Waals surface area (Å²) in [6.07, 6.45) is 0.672. The predicted octanol–water partition coefficient (Wildman–Crippen LogP) is 3.40. The highest BCUT2D eigenvalue weighted by Crippen LogP contribution is 2.28. The van der Waals surface area contributed by atoms with Crippen molar-refractivity contribution in [3.05, 3.63) is 70.0 Å². The Kier molecular flexibility index (Phi) is 4.34. The van der Waals surface area contributed by atoms with Gasteiger partial charge in [0, 0.05) is 29.0 Å². The van der Waals surface area contributed by atoms with E-state index < -0.39 is 10.0 Å². The molecule has 7 heteroatoms. The third kappa shape index (κ3) is 3.15. The standard InChI is InChI=1S/C19H17N3O2S2/c1-13-18(14-7-3-2-4-8-14)21-17(25-13)11-12-20-19-15-9-5-6-10-16(15)26(23,24)22-19/h2-10H,11-12H2,1H3,(H,20,22). The van der Waals surface area contributed by atoms with Gasteiger partial charge in [0.05, 0.1) is 15.6 Å². The molecule has 26 heavy (non-hydrogen) atoms. The van der Waals surface area contributed by atoms with Gasteiger partial charge in [0.25, 0.3) is 10.0 Å². The molecule has 2 heterocycles. The van der Waals surface area contributed by atoms with E-state index in [2.05, 4.69) is 28.8 Å². The van der Waals surface area contributed by atoms with Crippen LogP contribution < -0.4 is 4.72 Å². The van der Waals surface area contributed by atoms with E-state index in [1.54, 1.807) is 29.5 Å². The average Bonchev–Trinajstić information content (AvgIpc) is 3.14. The number of sulfonamides is 1. The molecule has 0 aliphatic carbocycles. The number of rotatable bonds is 4. The van der Waals surface area contributed by atoms with Crippen molar-refractivity contribution in [2.45, 2.75) is 18.2 Å². The van der Waals surface area contributed by atoms with Crippen LogP contribution in [0.4, 0.5) is 0 Å². The monoisotopic (exact) mass is 383 g/mol. The molecule has 0 amide bonds. The molecule has 1 aliphatic heterocycles. The summed E-state index contributed by atoms with van der Waals surface area (Å²) in [5, 5.41) is 1.000. The number of aromatic nitrogens is 1. The van der Waals surface area contributed by atoms with Gasteiger partial charge >= 0.3 is 0 Å². The van der Waals surface area contributed by atoms with Gasteiger partial charge in [-0.2, -0.15) is 0 Å². The highest BCUT2D eigenvalue weighted by Gasteiger charge is 2.29. The molecule has 3 aromatic rings. The van der Waals surface area contributed by atoms with Crippen molar-refractivity contribution >= 4 is 27.2 Å². The summed E-state index contributed by atoms with van der Waals surface area (Å²) in [6.45, 7) is 2.55. The Morgan fingerprint density at radius 3 is 2.62 bits per heavy atom. The van der Waals surface area contributed by atoms with Gasteiger partial charge in [0.2, 0.25) is 0 Å². The summed E-state index contributed by atoms with van der Waals surface area (Å²) >= 11 is 1.66. The topological polar surface area (TPSA) is 71.4 Å². The highest BCUT2D eigenvalue weighted by atomic mass is 32.2. The molecule has 1 N–H and O–H groups in total. The van der Waals surface area contributed by atoms with Crippen LogP contribution in [0.25, 0.3) is 11.3 Å². The molecule has 0 bridgehead atoms. The minimum absolute atomic E-state index is 0.287. The fourth-order valence-electron chi connectivity index (χ4n) is 2.94. The van der Waals surface area contributed by atoms with Crippen LogP contribution in [0, 0.1) is 6.92 Å². The lowest BCUT2D eigenvalue weighted by Gasteiger charge is -1.98. The SMILES string of the molecule is Cc1sc(CCN=C2NS(=O)(=O)c3ccccc32)nc1-c1ccccc1. The van der Waals surface area contributed by atoms with Crippen LogP contribution in [0.3, 0.4) is 0 Å². The Morgan fingerprint density at radius 2 is 1.81 bits per heavy atom. The molecule has 1 aromatic heterocycles. The summed E-state index contributed by atoms with van der Waals surface area (Å²) in [5.74, 6) is 0.414. The number of amidine groups is 1. The number of hydrogen-bond donors (Lipinski definition) is 1. The maximum Gasteiger partial charge on any atom is 0.263 e. The zero-order valence-corrected chi connectivity index (χ0v) is 15.8. The largest absolute Gasteiger partial charge is 0.267 e. The summed E-state index contributed by atoms with van der Waals surface area (Å²) in [6, 6.07) is 17.0. The summed E-state index contributed by atoms with van der Waals surface area (Å²) in [7, 11) is -3.48. The lowest BCUT2D eigenvalue weighted by atomic mass is 10.1. The number of fused-ring (bicyclic) bond motifs is 1. The first kappa shape index (κ1) is 16.9. The van der Waals surface area contributed by atoms with Crippen molar-refractivity contribution in [3.8, 4) is 11.3 Å². The Bertz CT molecular complexity index is 1090. The fourth-order valence-corrected chi connectivity index (χ4v) is 5.13. The van der Waals surface area contributed by atoms with Crippen LogP contribution in [0.1, 0.15) is 15.4 Å².